The molecule has 0 saturated carbocycles. The molecule has 0 spiro atoms. The lowest BCUT2D eigenvalue weighted by molar-refractivity contribution is -0.133. The molecule has 0 aliphatic carbocycles. The van der Waals surface area contributed by atoms with Crippen LogP contribution in [-0.4, -0.2) is 41.6 Å². The van der Waals surface area contributed by atoms with Gasteiger partial charge in [0, 0.05) is 12.6 Å². The summed E-state index contributed by atoms with van der Waals surface area (Å²) in [6, 6.07) is 0.270. The van der Waals surface area contributed by atoms with E-state index in [1.807, 2.05) is 39.5 Å². The van der Waals surface area contributed by atoms with Crippen molar-refractivity contribution in [3.8, 4) is 0 Å². The highest BCUT2D eigenvalue weighted by Crippen LogP contribution is 2.16. The number of piperidine rings is 1. The molecule has 0 aromatic carbocycles. The van der Waals surface area contributed by atoms with Gasteiger partial charge in [0.25, 0.3) is 0 Å². The van der Waals surface area contributed by atoms with Gasteiger partial charge in [-0.05, 0) is 47.0 Å². The Morgan fingerprint density at radius 3 is 2.14 bits per heavy atom. The highest BCUT2D eigenvalue weighted by molar-refractivity contribution is 5.82. The second kappa shape index (κ2) is 12.3. The maximum Gasteiger partial charge on any atom is 0.408 e. The van der Waals surface area contributed by atoms with Crippen molar-refractivity contribution in [2.75, 3.05) is 13.1 Å². The summed E-state index contributed by atoms with van der Waals surface area (Å²) in [7, 11) is 0. The first-order valence-corrected chi connectivity index (χ1v) is 8.56. The third-order valence-corrected chi connectivity index (χ3v) is 2.91. The van der Waals surface area contributed by atoms with Gasteiger partial charge in [-0.2, -0.15) is 0 Å². The zero-order chi connectivity index (χ0) is 17.8. The van der Waals surface area contributed by atoms with E-state index in [1.165, 1.54) is 6.42 Å². The lowest BCUT2D eigenvalue weighted by atomic mass is 10.0. The summed E-state index contributed by atoms with van der Waals surface area (Å²) in [6.45, 7) is 16.2. The summed E-state index contributed by atoms with van der Waals surface area (Å²) in [5.74, 6) is -0.0342. The van der Waals surface area contributed by atoms with Crippen molar-refractivity contribution in [3.63, 3.8) is 0 Å². The highest BCUT2D eigenvalue weighted by atomic mass is 16.6. The van der Waals surface area contributed by atoms with E-state index in [1.54, 1.807) is 20.8 Å². The van der Waals surface area contributed by atoms with Gasteiger partial charge < -0.3 is 15.0 Å². The third-order valence-electron chi connectivity index (χ3n) is 2.91. The molecule has 0 radical (unpaired) electrons. The molecular weight excluding hydrogens is 280 g/mol. The Kier molecular flexibility index (Phi) is 12.9. The molecule has 1 saturated heterocycles. The van der Waals surface area contributed by atoms with Crippen LogP contribution < -0.4 is 5.32 Å². The van der Waals surface area contributed by atoms with Crippen molar-refractivity contribution < 1.29 is 14.3 Å². The number of likely N-dealkylation sites (tertiary alicyclic amines) is 1. The number of rotatable bonds is 2. The number of amides is 2. The molecule has 1 aliphatic rings. The van der Waals surface area contributed by atoms with Gasteiger partial charge in [-0.25, -0.2) is 4.79 Å². The predicted molar refractivity (Wildman–Crippen MR) is 92.0 cm³/mol. The molecule has 0 aromatic rings. The van der Waals surface area contributed by atoms with Crippen molar-refractivity contribution in [1.29, 1.82) is 0 Å². The molecule has 2 amide bonds. The van der Waals surface area contributed by atoms with Crippen LogP contribution in [0.4, 0.5) is 4.79 Å². The number of nitrogens with zero attached hydrogens (tertiary/aromatic N) is 1. The SMILES string of the molecule is CC.CC.CC1CCCCN1C(=O)CNC(=O)OC(C)(C)C. The summed E-state index contributed by atoms with van der Waals surface area (Å²) in [4.78, 5) is 25.2. The van der Waals surface area contributed by atoms with E-state index in [9.17, 15) is 9.59 Å². The quantitative estimate of drug-likeness (QED) is 0.838. The number of carbonyl (C=O) groups is 2. The molecule has 0 bridgehead atoms. The summed E-state index contributed by atoms with van der Waals surface area (Å²) >= 11 is 0. The average molecular weight is 316 g/mol. The molecule has 5 nitrogen and oxygen atoms in total. The normalized spacial score (nSPS) is 17.3. The fraction of sp³-hybridized carbons (Fsp3) is 0.882. The molecule has 22 heavy (non-hydrogen) atoms. The minimum atomic E-state index is -0.541. The Hall–Kier alpha value is -1.26. The zero-order valence-corrected chi connectivity index (χ0v) is 15.8. The Morgan fingerprint density at radius 2 is 1.68 bits per heavy atom. The molecule has 1 heterocycles. The lowest BCUT2D eigenvalue weighted by Crippen LogP contribution is -2.47. The van der Waals surface area contributed by atoms with Crippen molar-refractivity contribution in [1.82, 2.24) is 10.2 Å². The van der Waals surface area contributed by atoms with E-state index >= 15 is 0 Å². The summed E-state index contributed by atoms with van der Waals surface area (Å²) in [6.07, 6.45) is 2.71. The minimum Gasteiger partial charge on any atom is -0.444 e. The third kappa shape index (κ3) is 10.5. The van der Waals surface area contributed by atoms with Crippen molar-refractivity contribution >= 4 is 12.0 Å². The van der Waals surface area contributed by atoms with Crippen molar-refractivity contribution in [3.05, 3.63) is 0 Å². The van der Waals surface area contributed by atoms with E-state index in [-0.39, 0.29) is 18.5 Å². The van der Waals surface area contributed by atoms with Gasteiger partial charge in [0.2, 0.25) is 5.91 Å². The van der Waals surface area contributed by atoms with E-state index in [4.69, 9.17) is 4.74 Å². The van der Waals surface area contributed by atoms with Crippen LogP contribution in [-0.2, 0) is 9.53 Å². The second-order valence-electron chi connectivity index (χ2n) is 5.79. The minimum absolute atomic E-state index is 0.0131. The fourth-order valence-corrected chi connectivity index (χ4v) is 2.03. The monoisotopic (exact) mass is 316 g/mol. The van der Waals surface area contributed by atoms with Crippen LogP contribution in [0.25, 0.3) is 0 Å². The smallest absolute Gasteiger partial charge is 0.408 e. The van der Waals surface area contributed by atoms with Crippen LogP contribution in [0, 0.1) is 0 Å². The molecule has 1 N–H and O–H groups in total. The zero-order valence-electron chi connectivity index (χ0n) is 15.8. The van der Waals surface area contributed by atoms with Crippen LogP contribution in [0.1, 0.15) is 74.7 Å². The largest absolute Gasteiger partial charge is 0.444 e. The van der Waals surface area contributed by atoms with Gasteiger partial charge in [0.15, 0.2) is 0 Å². The predicted octanol–water partition coefficient (Wildman–Crippen LogP) is 3.96. The fourth-order valence-electron chi connectivity index (χ4n) is 2.03. The Bertz CT molecular complexity index is 312. The van der Waals surface area contributed by atoms with Crippen LogP contribution in [0.5, 0.6) is 0 Å². The molecular formula is C17H36N2O3. The number of alkyl carbamates (subject to hydrolysis) is 1. The summed E-state index contributed by atoms with van der Waals surface area (Å²) in [5.41, 5.74) is -0.536. The van der Waals surface area contributed by atoms with Crippen LogP contribution >= 0.6 is 0 Å². The van der Waals surface area contributed by atoms with E-state index in [2.05, 4.69) is 5.32 Å². The topological polar surface area (TPSA) is 58.6 Å². The van der Waals surface area contributed by atoms with Crippen LogP contribution in [0.3, 0.4) is 0 Å². The molecule has 1 unspecified atom stereocenters. The van der Waals surface area contributed by atoms with Gasteiger partial charge in [-0.1, -0.05) is 27.7 Å². The molecule has 1 atom stereocenters. The molecule has 1 rings (SSSR count). The Labute approximate surface area is 136 Å². The van der Waals surface area contributed by atoms with Crippen molar-refractivity contribution in [2.45, 2.75) is 86.3 Å². The number of nitrogens with one attached hydrogen (secondary N) is 1. The molecule has 1 aliphatic heterocycles. The van der Waals surface area contributed by atoms with Crippen LogP contribution in [0.2, 0.25) is 0 Å². The first-order chi connectivity index (χ1) is 10.3. The second-order valence-corrected chi connectivity index (χ2v) is 5.79. The Morgan fingerprint density at radius 1 is 1.14 bits per heavy atom. The maximum atomic E-state index is 11.9. The number of hydrogen-bond acceptors (Lipinski definition) is 3. The van der Waals surface area contributed by atoms with Gasteiger partial charge >= 0.3 is 6.09 Å². The summed E-state index contributed by atoms with van der Waals surface area (Å²) in [5, 5.41) is 2.50. The molecule has 0 aromatic heterocycles. The first-order valence-electron chi connectivity index (χ1n) is 8.56. The molecule has 132 valence electrons. The molecule has 1 fully saturated rings. The molecule has 5 heteroatoms. The van der Waals surface area contributed by atoms with Gasteiger partial charge in [0.05, 0.1) is 0 Å². The summed E-state index contributed by atoms with van der Waals surface area (Å²) < 4.78 is 5.08. The first kappa shape index (κ1) is 23.0. The average Bonchev–Trinajstić information content (AvgIpc) is 2.48. The number of ether oxygens (including phenoxy) is 1. The van der Waals surface area contributed by atoms with E-state index < -0.39 is 11.7 Å². The lowest BCUT2D eigenvalue weighted by Gasteiger charge is -2.33. The van der Waals surface area contributed by atoms with Gasteiger partial charge in [0.1, 0.15) is 12.1 Å². The highest BCUT2D eigenvalue weighted by Gasteiger charge is 2.24. The van der Waals surface area contributed by atoms with Crippen molar-refractivity contribution in [2.24, 2.45) is 0 Å². The number of carbonyl (C=O) groups excluding carboxylic acids is 2. The van der Waals surface area contributed by atoms with Gasteiger partial charge in [-0.15, -0.1) is 0 Å². The standard InChI is InChI=1S/C13H24N2O3.2C2H6/c1-10-7-5-6-8-15(10)11(16)9-14-12(17)18-13(2,3)4;2*1-2/h10H,5-9H2,1-4H3,(H,14,17);2*1-2H3. The maximum absolute atomic E-state index is 11.9. The Balaban J connectivity index is 0. The number of hydrogen-bond donors (Lipinski definition) is 1. The van der Waals surface area contributed by atoms with Gasteiger partial charge in [-0.3, -0.25) is 4.79 Å². The van der Waals surface area contributed by atoms with E-state index in [0.29, 0.717) is 0 Å². The van der Waals surface area contributed by atoms with E-state index in [0.717, 1.165) is 19.4 Å². The van der Waals surface area contributed by atoms with Crippen LogP contribution in [0.15, 0.2) is 0 Å².